The topological polar surface area (TPSA) is 79.3 Å². The molecule has 2 N–H and O–H groups in total. The summed E-state index contributed by atoms with van der Waals surface area (Å²) in [6.45, 7) is 1.82. The number of carbonyl (C=O) groups is 1. The fourth-order valence-corrected chi connectivity index (χ4v) is 1.54. The second-order valence-corrected chi connectivity index (χ2v) is 4.12. The molecule has 1 rings (SSSR count). The summed E-state index contributed by atoms with van der Waals surface area (Å²) in [5.41, 5.74) is 6.63. The van der Waals surface area contributed by atoms with Gasteiger partial charge in [-0.2, -0.15) is 5.26 Å². The average molecular weight is 247 g/mol. The van der Waals surface area contributed by atoms with Crippen molar-refractivity contribution >= 4 is 11.6 Å². The molecule has 5 heteroatoms. The molecule has 18 heavy (non-hydrogen) atoms. The normalized spacial score (nSPS) is 11.4. The van der Waals surface area contributed by atoms with E-state index in [1.54, 1.807) is 25.2 Å². The highest BCUT2D eigenvalue weighted by Crippen LogP contribution is 2.20. The van der Waals surface area contributed by atoms with E-state index in [1.165, 1.54) is 12.0 Å². The van der Waals surface area contributed by atoms with E-state index in [-0.39, 0.29) is 11.9 Å². The summed E-state index contributed by atoms with van der Waals surface area (Å²) in [6.07, 6.45) is 0.293. The smallest absolute Gasteiger partial charge is 0.254 e. The molecular weight excluding hydrogens is 230 g/mol. The highest BCUT2D eigenvalue weighted by atomic mass is 16.5. The van der Waals surface area contributed by atoms with E-state index in [1.807, 2.05) is 13.0 Å². The SMILES string of the molecule is COc1cc(N)cc(C(=O)N(C)C(C)CC#N)c1. The van der Waals surface area contributed by atoms with Gasteiger partial charge in [-0.1, -0.05) is 0 Å². The molecule has 5 nitrogen and oxygen atoms in total. The van der Waals surface area contributed by atoms with Crippen molar-refractivity contribution in [2.75, 3.05) is 19.9 Å². The van der Waals surface area contributed by atoms with Crippen LogP contribution in [-0.4, -0.2) is 31.0 Å². The van der Waals surface area contributed by atoms with E-state index in [0.717, 1.165) is 0 Å². The molecule has 0 saturated carbocycles. The van der Waals surface area contributed by atoms with Gasteiger partial charge in [-0.3, -0.25) is 4.79 Å². The monoisotopic (exact) mass is 247 g/mol. The van der Waals surface area contributed by atoms with Gasteiger partial charge in [-0.15, -0.1) is 0 Å². The van der Waals surface area contributed by atoms with Gasteiger partial charge in [0.15, 0.2) is 0 Å². The lowest BCUT2D eigenvalue weighted by Gasteiger charge is -2.23. The van der Waals surface area contributed by atoms with Crippen LogP contribution < -0.4 is 10.5 Å². The molecule has 1 aromatic carbocycles. The number of anilines is 1. The van der Waals surface area contributed by atoms with Gasteiger partial charge in [0, 0.05) is 30.4 Å². The Morgan fingerprint density at radius 2 is 2.22 bits per heavy atom. The predicted molar refractivity (Wildman–Crippen MR) is 69.2 cm³/mol. The minimum Gasteiger partial charge on any atom is -0.497 e. The molecule has 0 aliphatic carbocycles. The highest BCUT2D eigenvalue weighted by Gasteiger charge is 2.18. The quantitative estimate of drug-likeness (QED) is 0.820. The van der Waals surface area contributed by atoms with E-state index in [2.05, 4.69) is 0 Å². The molecule has 0 bridgehead atoms. The largest absolute Gasteiger partial charge is 0.497 e. The van der Waals surface area contributed by atoms with Crippen molar-refractivity contribution < 1.29 is 9.53 Å². The molecular formula is C13H17N3O2. The number of ether oxygens (including phenoxy) is 1. The zero-order valence-corrected chi connectivity index (χ0v) is 10.8. The van der Waals surface area contributed by atoms with Crippen LogP contribution in [0.25, 0.3) is 0 Å². The van der Waals surface area contributed by atoms with Crippen molar-refractivity contribution in [3.8, 4) is 11.8 Å². The number of rotatable bonds is 4. The zero-order chi connectivity index (χ0) is 13.7. The van der Waals surface area contributed by atoms with Crippen molar-refractivity contribution in [2.24, 2.45) is 0 Å². The molecule has 0 spiro atoms. The summed E-state index contributed by atoms with van der Waals surface area (Å²) in [5, 5.41) is 8.64. The van der Waals surface area contributed by atoms with Gasteiger partial charge in [0.1, 0.15) is 5.75 Å². The Morgan fingerprint density at radius 3 is 2.78 bits per heavy atom. The van der Waals surface area contributed by atoms with E-state index in [9.17, 15) is 4.79 Å². The van der Waals surface area contributed by atoms with Crippen LogP contribution in [0.15, 0.2) is 18.2 Å². The van der Waals surface area contributed by atoms with Crippen molar-refractivity contribution in [3.63, 3.8) is 0 Å². The number of nitrogens with two attached hydrogens (primary N) is 1. The first-order chi connectivity index (χ1) is 8.49. The van der Waals surface area contributed by atoms with Gasteiger partial charge in [-0.05, 0) is 19.1 Å². The molecule has 0 aromatic heterocycles. The van der Waals surface area contributed by atoms with Gasteiger partial charge in [0.25, 0.3) is 5.91 Å². The third-order valence-electron chi connectivity index (χ3n) is 2.78. The van der Waals surface area contributed by atoms with Crippen LogP contribution in [0.2, 0.25) is 0 Å². The summed E-state index contributed by atoms with van der Waals surface area (Å²) in [4.78, 5) is 13.7. The Morgan fingerprint density at radius 1 is 1.56 bits per heavy atom. The molecule has 1 atom stereocenters. The number of carbonyl (C=O) groups excluding carboxylic acids is 1. The molecule has 0 radical (unpaired) electrons. The Labute approximate surface area is 107 Å². The first-order valence-corrected chi connectivity index (χ1v) is 5.58. The van der Waals surface area contributed by atoms with Crippen molar-refractivity contribution in [1.82, 2.24) is 4.90 Å². The second-order valence-electron chi connectivity index (χ2n) is 4.12. The van der Waals surface area contributed by atoms with E-state index < -0.39 is 0 Å². The maximum absolute atomic E-state index is 12.2. The van der Waals surface area contributed by atoms with Gasteiger partial charge in [-0.25, -0.2) is 0 Å². The van der Waals surface area contributed by atoms with Crippen LogP contribution in [0.3, 0.4) is 0 Å². The van der Waals surface area contributed by atoms with Crippen molar-refractivity contribution in [2.45, 2.75) is 19.4 Å². The Hall–Kier alpha value is -2.22. The van der Waals surface area contributed by atoms with E-state index in [4.69, 9.17) is 15.7 Å². The van der Waals surface area contributed by atoms with Gasteiger partial charge in [0.05, 0.1) is 19.6 Å². The maximum Gasteiger partial charge on any atom is 0.254 e. The van der Waals surface area contributed by atoms with Crippen molar-refractivity contribution in [3.05, 3.63) is 23.8 Å². The summed E-state index contributed by atoms with van der Waals surface area (Å²) in [7, 11) is 3.19. The minimum absolute atomic E-state index is 0.144. The van der Waals surface area contributed by atoms with Crippen LogP contribution in [-0.2, 0) is 0 Å². The first kappa shape index (κ1) is 13.8. The second kappa shape index (κ2) is 5.92. The molecule has 1 aromatic rings. The maximum atomic E-state index is 12.2. The lowest BCUT2D eigenvalue weighted by atomic mass is 10.1. The number of nitrogen functional groups attached to an aromatic ring is 1. The Kier molecular flexibility index (Phi) is 4.55. The molecule has 1 amide bonds. The summed E-state index contributed by atoms with van der Waals surface area (Å²) < 4.78 is 5.07. The van der Waals surface area contributed by atoms with Gasteiger partial charge < -0.3 is 15.4 Å². The number of amides is 1. The number of methoxy groups -OCH3 is 1. The predicted octanol–water partition coefficient (Wildman–Crippen LogP) is 1.65. The molecule has 0 aliphatic heterocycles. The third-order valence-corrected chi connectivity index (χ3v) is 2.78. The number of nitriles is 1. The Balaban J connectivity index is 2.96. The summed E-state index contributed by atoms with van der Waals surface area (Å²) in [5.74, 6) is 0.364. The molecule has 0 aliphatic rings. The van der Waals surface area contributed by atoms with E-state index >= 15 is 0 Å². The fraction of sp³-hybridized carbons (Fsp3) is 0.385. The number of hydrogen-bond acceptors (Lipinski definition) is 4. The molecule has 0 saturated heterocycles. The van der Waals surface area contributed by atoms with Gasteiger partial charge in [0.2, 0.25) is 0 Å². The van der Waals surface area contributed by atoms with Crippen LogP contribution in [0, 0.1) is 11.3 Å². The third kappa shape index (κ3) is 3.14. The van der Waals surface area contributed by atoms with Gasteiger partial charge >= 0.3 is 0 Å². The highest BCUT2D eigenvalue weighted by molar-refractivity contribution is 5.95. The lowest BCUT2D eigenvalue weighted by Crippen LogP contribution is -2.34. The summed E-state index contributed by atoms with van der Waals surface area (Å²) >= 11 is 0. The molecule has 0 heterocycles. The van der Waals surface area contributed by atoms with Crippen LogP contribution in [0.5, 0.6) is 5.75 Å². The first-order valence-electron chi connectivity index (χ1n) is 5.58. The minimum atomic E-state index is -0.177. The van der Waals surface area contributed by atoms with Crippen LogP contribution >= 0.6 is 0 Å². The van der Waals surface area contributed by atoms with Crippen LogP contribution in [0.4, 0.5) is 5.69 Å². The standard InChI is InChI=1S/C13H17N3O2/c1-9(4-5-14)16(2)13(17)10-6-11(15)8-12(7-10)18-3/h6-9H,4,15H2,1-3H3. The number of benzene rings is 1. The fourth-order valence-electron chi connectivity index (χ4n) is 1.54. The zero-order valence-electron chi connectivity index (χ0n) is 10.8. The molecule has 1 unspecified atom stereocenters. The van der Waals surface area contributed by atoms with E-state index in [0.29, 0.717) is 23.4 Å². The molecule has 0 fully saturated rings. The number of nitrogens with zero attached hydrogens (tertiary/aromatic N) is 2. The average Bonchev–Trinajstić information content (AvgIpc) is 2.36. The number of hydrogen-bond donors (Lipinski definition) is 1. The lowest BCUT2D eigenvalue weighted by molar-refractivity contribution is 0.0746. The Bertz CT molecular complexity index is 480. The summed E-state index contributed by atoms with van der Waals surface area (Å²) in [6, 6.07) is 6.78. The van der Waals surface area contributed by atoms with Crippen molar-refractivity contribution in [1.29, 1.82) is 5.26 Å². The molecule has 96 valence electrons. The van der Waals surface area contributed by atoms with Crippen LogP contribution in [0.1, 0.15) is 23.7 Å².